The van der Waals surface area contributed by atoms with Crippen molar-refractivity contribution >= 4 is 11.9 Å². The maximum Gasteiger partial charge on any atom is 0.343 e. The van der Waals surface area contributed by atoms with Crippen LogP contribution in [0.3, 0.4) is 0 Å². The summed E-state index contributed by atoms with van der Waals surface area (Å²) in [4.78, 5) is 25.5. The fourth-order valence-electron chi connectivity index (χ4n) is 5.23. The van der Waals surface area contributed by atoms with E-state index in [9.17, 15) is 9.59 Å². The minimum Gasteiger partial charge on any atom is -0.419 e. The van der Waals surface area contributed by atoms with Crippen LogP contribution in [0, 0.1) is 0 Å². The predicted octanol–water partition coefficient (Wildman–Crippen LogP) is 5.84. The van der Waals surface area contributed by atoms with Gasteiger partial charge in [-0.15, -0.1) is 0 Å². The summed E-state index contributed by atoms with van der Waals surface area (Å²) in [6.45, 7) is 4.53. The van der Waals surface area contributed by atoms with Crippen molar-refractivity contribution in [3.8, 4) is 11.5 Å². The molecular weight excluding hydrogens is 388 g/mol. The van der Waals surface area contributed by atoms with Crippen LogP contribution in [0.4, 0.5) is 0 Å². The molecule has 1 saturated carbocycles. The van der Waals surface area contributed by atoms with Crippen LogP contribution < -0.4 is 9.47 Å². The van der Waals surface area contributed by atoms with E-state index in [0.29, 0.717) is 11.1 Å². The van der Waals surface area contributed by atoms with Gasteiger partial charge in [0.25, 0.3) is 0 Å². The van der Waals surface area contributed by atoms with Gasteiger partial charge >= 0.3 is 11.9 Å². The third-order valence-electron chi connectivity index (χ3n) is 6.82. The standard InChI is InChI=1S/C27H24O4/c1-26-13-14-27(2,17-26)21-16-23(31-25(29)19-11-7-4-8-12-19)22(15-20(21)26)30-24(28)18-9-5-3-6-10-18/h3-12,15-16H,13-14,17H2,1-2H3. The first-order chi connectivity index (χ1) is 14.9. The molecule has 4 nitrogen and oxygen atoms in total. The molecule has 0 aromatic heterocycles. The minimum atomic E-state index is -0.475. The molecule has 31 heavy (non-hydrogen) atoms. The van der Waals surface area contributed by atoms with Crippen LogP contribution in [0.2, 0.25) is 0 Å². The molecule has 2 bridgehead atoms. The third kappa shape index (κ3) is 3.32. The van der Waals surface area contributed by atoms with E-state index in [2.05, 4.69) is 13.8 Å². The highest BCUT2D eigenvalue weighted by atomic mass is 16.6. The molecular formula is C27H24O4. The Bertz CT molecular complexity index is 1080. The molecule has 0 aliphatic heterocycles. The van der Waals surface area contributed by atoms with Crippen LogP contribution in [0.1, 0.15) is 65.0 Å². The molecule has 3 aromatic carbocycles. The monoisotopic (exact) mass is 412 g/mol. The highest BCUT2D eigenvalue weighted by Crippen LogP contribution is 2.61. The topological polar surface area (TPSA) is 52.6 Å². The van der Waals surface area contributed by atoms with Crippen molar-refractivity contribution in [3.63, 3.8) is 0 Å². The van der Waals surface area contributed by atoms with Crippen LogP contribution in [0.5, 0.6) is 11.5 Å². The molecule has 4 heteroatoms. The van der Waals surface area contributed by atoms with E-state index in [1.807, 2.05) is 24.3 Å². The van der Waals surface area contributed by atoms with Gasteiger partial charge in [0.15, 0.2) is 11.5 Å². The highest BCUT2D eigenvalue weighted by molar-refractivity contribution is 5.93. The Morgan fingerprint density at radius 2 is 1.06 bits per heavy atom. The van der Waals surface area contributed by atoms with Crippen LogP contribution in [0.25, 0.3) is 0 Å². The molecule has 0 amide bonds. The van der Waals surface area contributed by atoms with E-state index in [1.165, 1.54) is 11.1 Å². The zero-order valence-corrected chi connectivity index (χ0v) is 17.7. The Hall–Kier alpha value is -3.40. The molecule has 2 aliphatic carbocycles. The van der Waals surface area contributed by atoms with Gasteiger partial charge in [-0.25, -0.2) is 9.59 Å². The third-order valence-corrected chi connectivity index (χ3v) is 6.82. The van der Waals surface area contributed by atoms with E-state index in [0.717, 1.165) is 19.3 Å². The summed E-state index contributed by atoms with van der Waals surface area (Å²) >= 11 is 0. The Kier molecular flexibility index (Phi) is 4.47. The van der Waals surface area contributed by atoms with Crippen molar-refractivity contribution < 1.29 is 19.1 Å². The summed E-state index contributed by atoms with van der Waals surface area (Å²) in [6.07, 6.45) is 3.26. The number of hydrogen-bond donors (Lipinski definition) is 0. The molecule has 0 spiro atoms. The lowest BCUT2D eigenvalue weighted by Crippen LogP contribution is -2.20. The van der Waals surface area contributed by atoms with Crippen LogP contribution >= 0.6 is 0 Å². The summed E-state index contributed by atoms with van der Waals surface area (Å²) < 4.78 is 11.5. The first-order valence-corrected chi connectivity index (χ1v) is 10.6. The first kappa shape index (κ1) is 19.6. The predicted molar refractivity (Wildman–Crippen MR) is 118 cm³/mol. The lowest BCUT2D eigenvalue weighted by atomic mass is 9.78. The van der Waals surface area contributed by atoms with Crippen LogP contribution in [0.15, 0.2) is 72.8 Å². The van der Waals surface area contributed by atoms with Gasteiger partial charge in [0.05, 0.1) is 11.1 Å². The Balaban J connectivity index is 1.55. The molecule has 0 saturated heterocycles. The molecule has 0 N–H and O–H groups in total. The van der Waals surface area contributed by atoms with E-state index in [4.69, 9.17) is 9.47 Å². The molecule has 156 valence electrons. The number of hydrogen-bond acceptors (Lipinski definition) is 4. The number of ether oxygens (including phenoxy) is 2. The summed E-state index contributed by atoms with van der Waals surface area (Å²) in [7, 11) is 0. The second kappa shape index (κ2) is 7.09. The summed E-state index contributed by atoms with van der Waals surface area (Å²) in [5.41, 5.74) is 3.39. The summed E-state index contributed by atoms with van der Waals surface area (Å²) in [6, 6.07) is 21.5. The van der Waals surface area contributed by atoms with Gasteiger partial charge in [0, 0.05) is 0 Å². The SMILES string of the molecule is CC12CCC(C)(C1)c1cc(OC(=O)c3ccccc3)c(OC(=O)c3ccccc3)cc12. The van der Waals surface area contributed by atoms with Crippen LogP contribution in [-0.2, 0) is 10.8 Å². The smallest absolute Gasteiger partial charge is 0.343 e. The second-order valence-electron chi connectivity index (χ2n) is 9.15. The molecule has 5 rings (SSSR count). The minimum absolute atomic E-state index is 0.0555. The average molecular weight is 412 g/mol. The van der Waals surface area contributed by atoms with Crippen molar-refractivity contribution in [2.75, 3.05) is 0 Å². The number of esters is 2. The fraction of sp³-hybridized carbons (Fsp3) is 0.259. The van der Waals surface area contributed by atoms with Gasteiger partial charge in [-0.05, 0) is 77.6 Å². The zero-order chi connectivity index (χ0) is 21.6. The Morgan fingerprint density at radius 1 is 0.677 bits per heavy atom. The van der Waals surface area contributed by atoms with Gasteiger partial charge in [0.2, 0.25) is 0 Å². The van der Waals surface area contributed by atoms with Crippen molar-refractivity contribution in [1.82, 2.24) is 0 Å². The molecule has 0 radical (unpaired) electrons. The lowest BCUT2D eigenvalue weighted by molar-refractivity contribution is 0.0682. The summed E-state index contributed by atoms with van der Waals surface area (Å²) in [5.74, 6) is -0.377. The number of fused-ring (bicyclic) bond motifs is 5. The molecule has 2 unspecified atom stereocenters. The fourth-order valence-corrected chi connectivity index (χ4v) is 5.23. The second-order valence-corrected chi connectivity index (χ2v) is 9.15. The number of carbonyl (C=O) groups is 2. The van der Waals surface area contributed by atoms with Crippen molar-refractivity contribution in [3.05, 3.63) is 95.1 Å². The Morgan fingerprint density at radius 3 is 1.45 bits per heavy atom. The maximum absolute atomic E-state index is 12.8. The van der Waals surface area contributed by atoms with Gasteiger partial charge in [-0.3, -0.25) is 0 Å². The quantitative estimate of drug-likeness (QED) is 0.399. The molecule has 2 atom stereocenters. The first-order valence-electron chi connectivity index (χ1n) is 10.6. The average Bonchev–Trinajstić information content (AvgIpc) is 3.22. The number of benzene rings is 3. The molecule has 3 aromatic rings. The molecule has 2 aliphatic rings. The largest absolute Gasteiger partial charge is 0.419 e. The van der Waals surface area contributed by atoms with Crippen molar-refractivity contribution in [1.29, 1.82) is 0 Å². The van der Waals surface area contributed by atoms with Gasteiger partial charge in [-0.1, -0.05) is 50.2 Å². The van der Waals surface area contributed by atoms with E-state index in [-0.39, 0.29) is 22.3 Å². The highest BCUT2D eigenvalue weighted by Gasteiger charge is 2.53. The van der Waals surface area contributed by atoms with Gasteiger partial charge in [-0.2, -0.15) is 0 Å². The zero-order valence-electron chi connectivity index (χ0n) is 17.7. The van der Waals surface area contributed by atoms with Crippen molar-refractivity contribution in [2.24, 2.45) is 0 Å². The van der Waals surface area contributed by atoms with Crippen LogP contribution in [-0.4, -0.2) is 11.9 Å². The number of carbonyl (C=O) groups excluding carboxylic acids is 2. The molecule has 0 heterocycles. The van der Waals surface area contributed by atoms with E-state index in [1.54, 1.807) is 48.5 Å². The Labute approximate surface area is 181 Å². The van der Waals surface area contributed by atoms with E-state index >= 15 is 0 Å². The molecule has 1 fully saturated rings. The maximum atomic E-state index is 12.8. The van der Waals surface area contributed by atoms with Gasteiger partial charge < -0.3 is 9.47 Å². The number of rotatable bonds is 4. The normalized spacial score (nSPS) is 23.3. The lowest BCUT2D eigenvalue weighted by Gasteiger charge is -2.28. The van der Waals surface area contributed by atoms with Crippen molar-refractivity contribution in [2.45, 2.75) is 43.9 Å². The summed E-state index contributed by atoms with van der Waals surface area (Å²) in [5, 5.41) is 0. The van der Waals surface area contributed by atoms with E-state index < -0.39 is 11.9 Å². The van der Waals surface area contributed by atoms with Gasteiger partial charge in [0.1, 0.15) is 0 Å².